The molecule has 0 saturated carbocycles. The van der Waals surface area contributed by atoms with Crippen molar-refractivity contribution in [3.63, 3.8) is 0 Å². The second-order valence-electron chi connectivity index (χ2n) is 32.8. The van der Waals surface area contributed by atoms with Gasteiger partial charge in [-0.05, 0) is 19.8 Å². The Hall–Kier alpha value is -4.22. The summed E-state index contributed by atoms with van der Waals surface area (Å²) in [4.78, 5) is 79.5. The van der Waals surface area contributed by atoms with Crippen LogP contribution in [0, 0.1) is 5.92 Å². The van der Waals surface area contributed by atoms with E-state index in [1.807, 2.05) is 0 Å². The van der Waals surface area contributed by atoms with E-state index in [-0.39, 0.29) is 12.8 Å². The maximum atomic E-state index is 14.0. The van der Waals surface area contributed by atoms with Crippen molar-refractivity contribution in [2.75, 3.05) is 46.2 Å². The highest BCUT2D eigenvalue weighted by molar-refractivity contribution is 5.78. The van der Waals surface area contributed by atoms with Crippen LogP contribution in [0.2, 0.25) is 0 Å². The van der Waals surface area contributed by atoms with Crippen LogP contribution in [0.4, 0.5) is 0 Å². The highest BCUT2D eigenvalue weighted by Gasteiger charge is 2.64. The lowest BCUT2D eigenvalue weighted by Crippen LogP contribution is -2.71. The number of amides is 3. The first-order valence-electron chi connectivity index (χ1n) is 42.8. The fourth-order valence-electron chi connectivity index (χ4n) is 16.4. The SMILES string of the molecule is CCCCCCCCCCCCCCCC(O)C(COC1OC(CO)C(OC2OC(CO)C(OC3OC(CO)C(O)C(OC4OC(CO)C(O)C(OC5(C(=O)O)CC(O)C(NC(C)=O)C(C(O)C(O)CO)O5)C4O)C3CC(C)=O)C(OC3(C(=O)O)CC(O)C(NC(C)=O)C(C(O)C(O)CO)O3)C2O)C(O)C1O)NC(=O)CCCCCCCCCCC. The number of carboxylic acids is 2. The largest absolute Gasteiger partial charge is 0.477 e. The first-order valence-corrected chi connectivity index (χ1v) is 42.8. The molecule has 42 heteroatoms. The van der Waals surface area contributed by atoms with Gasteiger partial charge in [-0.2, -0.15) is 0 Å². The summed E-state index contributed by atoms with van der Waals surface area (Å²) in [5, 5.41) is 245. The van der Waals surface area contributed by atoms with Crippen molar-refractivity contribution < 1.29 is 193 Å². The van der Waals surface area contributed by atoms with E-state index in [1.54, 1.807) is 0 Å². The van der Waals surface area contributed by atoms with E-state index in [0.29, 0.717) is 12.8 Å². The van der Waals surface area contributed by atoms with Gasteiger partial charge in [-0.15, -0.1) is 0 Å². The van der Waals surface area contributed by atoms with Gasteiger partial charge in [-0.1, -0.05) is 149 Å². The van der Waals surface area contributed by atoms with E-state index in [1.165, 1.54) is 51.4 Å². The third kappa shape index (κ3) is 29.7. The molecule has 6 rings (SSSR count). The number of Topliss-reactive ketones (excluding diaryl/α,β-unsaturated/α-hetero) is 1. The van der Waals surface area contributed by atoms with Crippen LogP contribution in [0.1, 0.15) is 208 Å². The van der Waals surface area contributed by atoms with E-state index >= 15 is 0 Å². The lowest BCUT2D eigenvalue weighted by Gasteiger charge is -2.53. The Bertz CT molecular complexity index is 3030. The summed E-state index contributed by atoms with van der Waals surface area (Å²) in [6, 6.07) is -4.68. The highest BCUT2D eigenvalue weighted by Crippen LogP contribution is 2.44. The Balaban J connectivity index is 1.33. The van der Waals surface area contributed by atoms with Gasteiger partial charge in [0, 0.05) is 45.4 Å². The van der Waals surface area contributed by atoms with Gasteiger partial charge >= 0.3 is 11.9 Å². The maximum absolute atomic E-state index is 14.0. The number of ketones is 1. The van der Waals surface area contributed by atoms with Crippen LogP contribution in [0.3, 0.4) is 0 Å². The summed E-state index contributed by atoms with van der Waals surface area (Å²) in [6.45, 7) is -0.620. The Kier molecular flexibility index (Phi) is 45.6. The normalized spacial score (nSPS) is 36.2. The van der Waals surface area contributed by atoms with Gasteiger partial charge in [0.15, 0.2) is 25.2 Å². The second kappa shape index (κ2) is 52.3. The number of carbonyl (C=O) groups is 6. The number of nitrogens with one attached hydrogen (secondary N) is 3. The van der Waals surface area contributed by atoms with E-state index in [0.717, 1.165) is 97.8 Å². The van der Waals surface area contributed by atoms with Gasteiger partial charge in [-0.3, -0.25) is 14.4 Å². The minimum absolute atomic E-state index is 0.120. The van der Waals surface area contributed by atoms with Crippen LogP contribution in [-0.4, -0.2) is 390 Å². The molecule has 34 atom stereocenters. The Morgan fingerprint density at radius 2 is 0.802 bits per heavy atom. The Morgan fingerprint density at radius 3 is 1.23 bits per heavy atom. The van der Waals surface area contributed by atoms with Gasteiger partial charge in [-0.25, -0.2) is 9.59 Å². The standard InChI is InChI=1S/C79H139N3O39/c1-6-8-10-12-14-16-17-18-19-21-22-24-26-28-45(92)44(82-54(97)29-27-25-23-20-15-13-11-9-7-2)39-110-73-62(103)61(102)66(52(37-87)113-73)116-75-64(105)71(121-79(77(108)109)32-47(94)56(81-42(5)91)69(119-79)58(99)49(96)34-84)67(53(38-88)114-75)117-72-43(30-40(3)89)65(59(100)50(35-85)111-72)115-74-63(104)70(60(101)51(36-86)112-74)120-78(76(106)107)31-46(93)55(80-41(4)90)68(118-78)57(98)48(95)33-83/h43-53,55-75,83-88,92-96,98-105H,6-39H2,1-5H3,(H,80,90)(H,81,91)(H,82,97)(H,106,107)(H,108,109). The summed E-state index contributed by atoms with van der Waals surface area (Å²) in [5.41, 5.74) is 0. The van der Waals surface area contributed by atoms with Gasteiger partial charge in [0.2, 0.25) is 17.7 Å². The number of ether oxygens (including phenoxy) is 12. The highest BCUT2D eigenvalue weighted by atomic mass is 16.8. The first-order chi connectivity index (χ1) is 57.6. The zero-order valence-corrected chi connectivity index (χ0v) is 69.8. The number of rotatable bonds is 55. The number of aliphatic carboxylic acids is 2. The van der Waals surface area contributed by atoms with E-state index < -0.39 is 308 Å². The molecule has 6 fully saturated rings. The van der Waals surface area contributed by atoms with Crippen molar-refractivity contribution in [1.82, 2.24) is 16.0 Å². The zero-order valence-electron chi connectivity index (χ0n) is 69.8. The minimum Gasteiger partial charge on any atom is -0.477 e. The summed E-state index contributed by atoms with van der Waals surface area (Å²) < 4.78 is 72.6. The van der Waals surface area contributed by atoms with E-state index in [4.69, 9.17) is 56.8 Å². The smallest absolute Gasteiger partial charge is 0.364 e. The number of unbranched alkanes of at least 4 members (excludes halogenated alkanes) is 20. The lowest BCUT2D eigenvalue weighted by molar-refractivity contribution is -0.408. The molecule has 6 aliphatic rings. The molecule has 704 valence electrons. The molecule has 6 saturated heterocycles. The fourth-order valence-corrected chi connectivity index (χ4v) is 16.4. The molecule has 0 aromatic carbocycles. The van der Waals surface area contributed by atoms with Crippen molar-refractivity contribution in [2.24, 2.45) is 5.92 Å². The monoisotopic (exact) mass is 1750 g/mol. The predicted molar refractivity (Wildman–Crippen MR) is 413 cm³/mol. The molecule has 6 heterocycles. The molecule has 6 aliphatic heterocycles. The quantitative estimate of drug-likeness (QED) is 0.0254. The molecule has 42 nitrogen and oxygen atoms in total. The molecule has 0 bridgehead atoms. The topological polar surface area (TPSA) is 674 Å². The summed E-state index contributed by atoms with van der Waals surface area (Å²) in [5.74, 6) is -16.0. The molecule has 3 amide bonds. The lowest BCUT2D eigenvalue weighted by atomic mass is 9.86. The van der Waals surface area contributed by atoms with Crippen LogP contribution in [0.25, 0.3) is 0 Å². The second-order valence-corrected chi connectivity index (χ2v) is 32.8. The summed E-state index contributed by atoms with van der Waals surface area (Å²) in [6.07, 6.45) is -41.8. The van der Waals surface area contributed by atoms with E-state index in [2.05, 4.69) is 29.8 Å². The maximum Gasteiger partial charge on any atom is 0.364 e. The fraction of sp³-hybridized carbons (Fsp3) is 0.924. The van der Waals surface area contributed by atoms with Crippen molar-refractivity contribution in [2.45, 2.75) is 409 Å². The van der Waals surface area contributed by atoms with Crippen LogP contribution < -0.4 is 16.0 Å². The van der Waals surface area contributed by atoms with Gasteiger partial charge in [0.05, 0.1) is 88.8 Å². The molecule has 34 unspecified atom stereocenters. The van der Waals surface area contributed by atoms with Crippen molar-refractivity contribution in [3.05, 3.63) is 0 Å². The van der Waals surface area contributed by atoms with Crippen molar-refractivity contribution in [1.29, 1.82) is 0 Å². The molecule has 121 heavy (non-hydrogen) atoms. The number of carboxylic acid groups (broad SMARTS) is 2. The molecule has 0 aromatic heterocycles. The Labute approximate surface area is 703 Å². The summed E-state index contributed by atoms with van der Waals surface area (Å²) in [7, 11) is 0. The zero-order chi connectivity index (χ0) is 89.6. The van der Waals surface area contributed by atoms with Crippen molar-refractivity contribution >= 4 is 35.4 Å². The molecule has 24 N–H and O–H groups in total. The van der Waals surface area contributed by atoms with Crippen LogP contribution >= 0.6 is 0 Å². The average molecular weight is 1750 g/mol. The number of aliphatic hydroxyl groups is 19. The van der Waals surface area contributed by atoms with Gasteiger partial charge in [0.25, 0.3) is 11.6 Å². The van der Waals surface area contributed by atoms with Gasteiger partial charge < -0.3 is 185 Å². The number of carbonyl (C=O) groups excluding carboxylic acids is 4. The molecular weight excluding hydrogens is 1610 g/mol. The van der Waals surface area contributed by atoms with Crippen LogP contribution in [0.15, 0.2) is 0 Å². The van der Waals surface area contributed by atoms with E-state index in [9.17, 15) is 136 Å². The third-order valence-electron chi connectivity index (χ3n) is 23.2. The van der Waals surface area contributed by atoms with Gasteiger partial charge in [0.1, 0.15) is 128 Å². The number of hydrogen-bond acceptors (Lipinski definition) is 37. The number of hydrogen-bond donors (Lipinski definition) is 24. The molecule has 0 radical (unpaired) electrons. The minimum atomic E-state index is -3.48. The van der Waals surface area contributed by atoms with Crippen LogP contribution in [-0.2, 0) is 85.6 Å². The predicted octanol–water partition coefficient (Wildman–Crippen LogP) is -4.89. The van der Waals surface area contributed by atoms with Crippen LogP contribution in [0.5, 0.6) is 0 Å². The van der Waals surface area contributed by atoms with Crippen molar-refractivity contribution in [3.8, 4) is 0 Å². The average Bonchev–Trinajstić information content (AvgIpc) is 0.753. The molecule has 0 aromatic rings. The molecule has 0 aliphatic carbocycles. The molecular formula is C79H139N3O39. The first kappa shape index (κ1) is 106. The Morgan fingerprint density at radius 1 is 0.421 bits per heavy atom. The summed E-state index contributed by atoms with van der Waals surface area (Å²) >= 11 is 0. The number of aliphatic hydroxyl groups excluding tert-OH is 19. The molecule has 0 spiro atoms. The third-order valence-corrected chi connectivity index (χ3v) is 23.2.